The number of aromatic nitrogens is 3. The van der Waals surface area contributed by atoms with E-state index < -0.39 is 6.43 Å². The van der Waals surface area contributed by atoms with Crippen molar-refractivity contribution in [3.05, 3.63) is 29.7 Å². The predicted molar refractivity (Wildman–Crippen MR) is 54.0 cm³/mol. The highest BCUT2D eigenvalue weighted by molar-refractivity contribution is 5.46. The Hall–Kier alpha value is -1.52. The fourth-order valence-corrected chi connectivity index (χ4v) is 1.22. The Morgan fingerprint density at radius 1 is 1.27 bits per heavy atom. The van der Waals surface area contributed by atoms with Crippen molar-refractivity contribution in [1.82, 2.24) is 14.6 Å². The second-order valence-corrected chi connectivity index (χ2v) is 2.74. The fraction of sp³-hybridized carbons (Fsp3) is 0.400. The summed E-state index contributed by atoms with van der Waals surface area (Å²) >= 11 is 0. The number of halogens is 2. The van der Waals surface area contributed by atoms with Crippen LogP contribution in [0, 0.1) is 6.92 Å². The third-order valence-corrected chi connectivity index (χ3v) is 1.85. The molecule has 0 saturated heterocycles. The molecule has 0 amide bonds. The van der Waals surface area contributed by atoms with Crippen molar-refractivity contribution in [3.63, 3.8) is 0 Å². The normalized spacial score (nSPS) is 10.3. The van der Waals surface area contributed by atoms with E-state index >= 15 is 0 Å². The Morgan fingerprint density at radius 2 is 1.93 bits per heavy atom. The molecule has 0 atom stereocenters. The number of hydrogen-bond acceptors (Lipinski definition) is 2. The van der Waals surface area contributed by atoms with E-state index in [9.17, 15) is 8.78 Å². The quantitative estimate of drug-likeness (QED) is 0.728. The molecule has 0 aliphatic rings. The molecule has 0 saturated carbocycles. The Balaban J connectivity index is 0.000000531. The largest absolute Gasteiger partial charge is 0.297 e. The average Bonchev–Trinajstić information content (AvgIpc) is 2.66. The summed E-state index contributed by atoms with van der Waals surface area (Å²) in [5.41, 5.74) is 1.32. The predicted octanol–water partition coefficient (Wildman–Crippen LogP) is 3.00. The maximum Gasteiger partial charge on any atom is 0.297 e. The van der Waals surface area contributed by atoms with E-state index in [1.54, 1.807) is 19.1 Å². The summed E-state index contributed by atoms with van der Waals surface area (Å²) in [6.07, 6.45) is -1.05. The molecule has 0 aromatic carbocycles. The van der Waals surface area contributed by atoms with E-state index in [4.69, 9.17) is 0 Å². The van der Waals surface area contributed by atoms with Crippen molar-refractivity contribution < 1.29 is 8.78 Å². The summed E-state index contributed by atoms with van der Waals surface area (Å²) in [4.78, 5) is 0. The fourth-order valence-electron chi connectivity index (χ4n) is 1.22. The Bertz CT molecular complexity index is 437. The van der Waals surface area contributed by atoms with Crippen LogP contribution in [0.5, 0.6) is 0 Å². The molecule has 0 bridgehead atoms. The first kappa shape index (κ1) is 11.6. The minimum Gasteiger partial charge on any atom is -0.281 e. The van der Waals surface area contributed by atoms with Gasteiger partial charge in [-0.3, -0.25) is 4.40 Å². The van der Waals surface area contributed by atoms with Gasteiger partial charge in [0.05, 0.1) is 0 Å². The number of fused-ring (bicyclic) bond motifs is 1. The van der Waals surface area contributed by atoms with Crippen molar-refractivity contribution >= 4 is 5.65 Å². The Labute approximate surface area is 86.8 Å². The number of alkyl halides is 2. The van der Waals surface area contributed by atoms with Gasteiger partial charge in [0.1, 0.15) is 0 Å². The van der Waals surface area contributed by atoms with Gasteiger partial charge < -0.3 is 0 Å². The van der Waals surface area contributed by atoms with Crippen molar-refractivity contribution in [2.24, 2.45) is 0 Å². The van der Waals surface area contributed by atoms with E-state index in [1.807, 2.05) is 13.8 Å². The molecule has 2 aromatic heterocycles. The maximum atomic E-state index is 12.3. The lowest BCUT2D eigenvalue weighted by molar-refractivity contribution is 0.139. The van der Waals surface area contributed by atoms with Gasteiger partial charge in [-0.05, 0) is 18.6 Å². The SMILES string of the molecule is CC.Cc1cccn2c(C(F)F)nnc12. The molecule has 5 heteroatoms. The molecular weight excluding hydrogens is 200 g/mol. The number of rotatable bonds is 1. The molecule has 0 aliphatic carbocycles. The lowest BCUT2D eigenvalue weighted by atomic mass is 10.3. The van der Waals surface area contributed by atoms with Crippen molar-refractivity contribution in [2.45, 2.75) is 27.2 Å². The van der Waals surface area contributed by atoms with Gasteiger partial charge in [-0.1, -0.05) is 19.9 Å². The molecular formula is C10H13F2N3. The highest BCUT2D eigenvalue weighted by Gasteiger charge is 2.15. The summed E-state index contributed by atoms with van der Waals surface area (Å²) in [5.74, 6) is -0.307. The third-order valence-electron chi connectivity index (χ3n) is 1.85. The monoisotopic (exact) mass is 213 g/mol. The van der Waals surface area contributed by atoms with Gasteiger partial charge in [-0.15, -0.1) is 10.2 Å². The minimum absolute atomic E-state index is 0.307. The summed E-state index contributed by atoms with van der Waals surface area (Å²) in [6.45, 7) is 5.80. The standard InChI is InChI=1S/C8H7F2N3.C2H6/c1-5-3-2-4-13-7(5)11-12-8(13)6(9)10;1-2/h2-4,6H,1H3;1-2H3. The highest BCUT2D eigenvalue weighted by atomic mass is 19.3. The highest BCUT2D eigenvalue weighted by Crippen LogP contribution is 2.18. The van der Waals surface area contributed by atoms with Crippen LogP contribution in [0.3, 0.4) is 0 Å². The lowest BCUT2D eigenvalue weighted by Gasteiger charge is -1.98. The van der Waals surface area contributed by atoms with E-state index in [2.05, 4.69) is 10.2 Å². The molecule has 2 aromatic rings. The molecule has 3 nitrogen and oxygen atoms in total. The lowest BCUT2D eigenvalue weighted by Crippen LogP contribution is -1.94. The smallest absolute Gasteiger partial charge is 0.281 e. The van der Waals surface area contributed by atoms with E-state index in [0.29, 0.717) is 5.65 Å². The van der Waals surface area contributed by atoms with Gasteiger partial charge in [0, 0.05) is 6.20 Å². The molecule has 0 unspecified atom stereocenters. The van der Waals surface area contributed by atoms with Gasteiger partial charge in [-0.25, -0.2) is 8.78 Å². The first-order valence-corrected chi connectivity index (χ1v) is 4.78. The molecule has 0 fully saturated rings. The van der Waals surface area contributed by atoms with Crippen LogP contribution in [0.4, 0.5) is 8.78 Å². The topological polar surface area (TPSA) is 30.2 Å². The molecule has 0 N–H and O–H groups in total. The van der Waals surface area contributed by atoms with Crippen LogP contribution in [-0.4, -0.2) is 14.6 Å². The summed E-state index contributed by atoms with van der Waals surface area (Å²) in [6, 6.07) is 3.50. The van der Waals surface area contributed by atoms with E-state index in [-0.39, 0.29) is 5.82 Å². The Morgan fingerprint density at radius 3 is 2.53 bits per heavy atom. The van der Waals surface area contributed by atoms with Crippen LogP contribution in [0.2, 0.25) is 0 Å². The molecule has 2 rings (SSSR count). The number of hydrogen-bond donors (Lipinski definition) is 0. The van der Waals surface area contributed by atoms with Crippen molar-refractivity contribution in [3.8, 4) is 0 Å². The first-order valence-electron chi connectivity index (χ1n) is 4.78. The zero-order valence-electron chi connectivity index (χ0n) is 8.91. The van der Waals surface area contributed by atoms with Crippen LogP contribution < -0.4 is 0 Å². The molecule has 0 radical (unpaired) electrons. The van der Waals surface area contributed by atoms with Crippen molar-refractivity contribution in [2.75, 3.05) is 0 Å². The van der Waals surface area contributed by atoms with Gasteiger partial charge >= 0.3 is 0 Å². The molecule has 15 heavy (non-hydrogen) atoms. The molecule has 82 valence electrons. The van der Waals surface area contributed by atoms with Crippen LogP contribution in [0.1, 0.15) is 31.7 Å². The number of aryl methyl sites for hydroxylation is 1. The van der Waals surface area contributed by atoms with Crippen molar-refractivity contribution in [1.29, 1.82) is 0 Å². The summed E-state index contributed by atoms with van der Waals surface area (Å²) in [7, 11) is 0. The number of pyridine rings is 1. The zero-order chi connectivity index (χ0) is 11.4. The maximum absolute atomic E-state index is 12.3. The zero-order valence-corrected chi connectivity index (χ0v) is 8.91. The van der Waals surface area contributed by atoms with Crippen LogP contribution in [0.25, 0.3) is 5.65 Å². The van der Waals surface area contributed by atoms with Gasteiger partial charge in [-0.2, -0.15) is 0 Å². The first-order chi connectivity index (χ1) is 7.20. The summed E-state index contributed by atoms with van der Waals surface area (Å²) in [5, 5.41) is 7.09. The second kappa shape index (κ2) is 4.82. The van der Waals surface area contributed by atoms with Crippen LogP contribution >= 0.6 is 0 Å². The molecule has 0 aliphatic heterocycles. The Kier molecular flexibility index (Phi) is 3.71. The molecule has 2 heterocycles. The third kappa shape index (κ3) is 2.11. The van der Waals surface area contributed by atoms with E-state index in [1.165, 1.54) is 10.6 Å². The van der Waals surface area contributed by atoms with Gasteiger partial charge in [0.15, 0.2) is 5.65 Å². The minimum atomic E-state index is -2.59. The summed E-state index contributed by atoms with van der Waals surface area (Å²) < 4.78 is 26.0. The average molecular weight is 213 g/mol. The van der Waals surface area contributed by atoms with Gasteiger partial charge in [0.25, 0.3) is 6.43 Å². The van der Waals surface area contributed by atoms with Crippen LogP contribution in [-0.2, 0) is 0 Å². The second-order valence-electron chi connectivity index (χ2n) is 2.74. The van der Waals surface area contributed by atoms with E-state index in [0.717, 1.165) is 5.56 Å². The van der Waals surface area contributed by atoms with Gasteiger partial charge in [0.2, 0.25) is 5.82 Å². The number of nitrogens with zero attached hydrogens (tertiary/aromatic N) is 3. The van der Waals surface area contributed by atoms with Crippen LogP contribution in [0.15, 0.2) is 18.3 Å². The molecule has 0 spiro atoms.